The van der Waals surface area contributed by atoms with Gasteiger partial charge in [-0.3, -0.25) is 9.78 Å². The van der Waals surface area contributed by atoms with Gasteiger partial charge in [0.1, 0.15) is 17.4 Å². The molecule has 128 valence electrons. The number of H-pyrrole nitrogens is 1. The van der Waals surface area contributed by atoms with Crippen LogP contribution >= 0.6 is 0 Å². The van der Waals surface area contributed by atoms with Gasteiger partial charge in [-0.15, -0.1) is 0 Å². The van der Waals surface area contributed by atoms with Gasteiger partial charge in [-0.2, -0.15) is 10.4 Å². The second-order valence-corrected chi connectivity index (χ2v) is 5.26. The molecule has 0 amide bonds. The molecule has 0 aliphatic carbocycles. The SMILES string of the molecule is COc1cccc(C=NNc2nc(-c3ccccc3)c(C#N)c(=O)[nH]2)c1. The molecule has 0 spiro atoms. The van der Waals surface area contributed by atoms with Gasteiger partial charge in [-0.05, 0) is 17.7 Å². The third kappa shape index (κ3) is 3.76. The van der Waals surface area contributed by atoms with Gasteiger partial charge in [0.05, 0.1) is 19.0 Å². The summed E-state index contributed by atoms with van der Waals surface area (Å²) >= 11 is 0. The van der Waals surface area contributed by atoms with Gasteiger partial charge in [0.15, 0.2) is 0 Å². The molecule has 0 unspecified atom stereocenters. The largest absolute Gasteiger partial charge is 0.497 e. The standard InChI is InChI=1S/C19H15N5O2/c1-26-15-9-5-6-13(10-15)12-21-24-19-22-17(14-7-3-2-4-8-14)16(11-20)18(25)23-19/h2-10,12H,1H3,(H2,22,23,24,25). The molecule has 26 heavy (non-hydrogen) atoms. The van der Waals surface area contributed by atoms with Crippen molar-refractivity contribution in [1.29, 1.82) is 5.26 Å². The molecule has 3 rings (SSSR count). The molecule has 3 aromatic rings. The number of rotatable bonds is 5. The third-order valence-electron chi connectivity index (χ3n) is 3.56. The van der Waals surface area contributed by atoms with Gasteiger partial charge in [0.2, 0.25) is 5.95 Å². The molecule has 7 heteroatoms. The van der Waals surface area contributed by atoms with E-state index in [4.69, 9.17) is 4.74 Å². The van der Waals surface area contributed by atoms with E-state index in [0.29, 0.717) is 17.0 Å². The maximum absolute atomic E-state index is 12.2. The monoisotopic (exact) mass is 345 g/mol. The number of nitrogens with one attached hydrogen (secondary N) is 2. The highest BCUT2D eigenvalue weighted by atomic mass is 16.5. The molecule has 0 saturated carbocycles. The van der Waals surface area contributed by atoms with Crippen molar-refractivity contribution in [3.8, 4) is 23.1 Å². The number of nitrogens with zero attached hydrogens (tertiary/aromatic N) is 3. The van der Waals surface area contributed by atoms with E-state index in [-0.39, 0.29) is 11.5 Å². The smallest absolute Gasteiger partial charge is 0.270 e. The molecule has 0 aliphatic heterocycles. The predicted octanol–water partition coefficient (Wildman–Crippen LogP) is 2.76. The summed E-state index contributed by atoms with van der Waals surface area (Å²) in [6.45, 7) is 0. The quantitative estimate of drug-likeness (QED) is 0.547. The summed E-state index contributed by atoms with van der Waals surface area (Å²) in [4.78, 5) is 19.0. The van der Waals surface area contributed by atoms with E-state index < -0.39 is 5.56 Å². The summed E-state index contributed by atoms with van der Waals surface area (Å²) in [5.41, 5.74) is 3.91. The third-order valence-corrected chi connectivity index (χ3v) is 3.56. The van der Waals surface area contributed by atoms with Crippen molar-refractivity contribution in [3.05, 3.63) is 76.1 Å². The van der Waals surface area contributed by atoms with Crippen molar-refractivity contribution in [2.75, 3.05) is 12.5 Å². The van der Waals surface area contributed by atoms with Crippen molar-refractivity contribution >= 4 is 12.2 Å². The average Bonchev–Trinajstić information content (AvgIpc) is 2.68. The molecular formula is C19H15N5O2. The number of nitriles is 1. The number of hydrazone groups is 1. The summed E-state index contributed by atoms with van der Waals surface area (Å²) in [6, 6.07) is 18.3. The van der Waals surface area contributed by atoms with Gasteiger partial charge >= 0.3 is 0 Å². The molecular weight excluding hydrogens is 330 g/mol. The molecule has 0 atom stereocenters. The van der Waals surface area contributed by atoms with E-state index in [1.165, 1.54) is 0 Å². The van der Waals surface area contributed by atoms with Crippen LogP contribution in [0.1, 0.15) is 11.1 Å². The lowest BCUT2D eigenvalue weighted by Gasteiger charge is -2.06. The Hall–Kier alpha value is -3.92. The molecule has 2 N–H and O–H groups in total. The van der Waals surface area contributed by atoms with Crippen LogP contribution < -0.4 is 15.7 Å². The van der Waals surface area contributed by atoms with Crippen LogP contribution in [0.4, 0.5) is 5.95 Å². The van der Waals surface area contributed by atoms with Crippen LogP contribution in [0.2, 0.25) is 0 Å². The van der Waals surface area contributed by atoms with E-state index in [1.807, 2.05) is 48.5 Å². The van der Waals surface area contributed by atoms with Crippen LogP contribution in [0.3, 0.4) is 0 Å². The topological polar surface area (TPSA) is 103 Å². The van der Waals surface area contributed by atoms with Crippen LogP contribution in [-0.4, -0.2) is 23.3 Å². The molecule has 0 bridgehead atoms. The van der Waals surface area contributed by atoms with Crippen LogP contribution in [0.5, 0.6) is 5.75 Å². The van der Waals surface area contributed by atoms with E-state index in [0.717, 1.165) is 5.56 Å². The maximum Gasteiger partial charge on any atom is 0.270 e. The van der Waals surface area contributed by atoms with Gasteiger partial charge in [-0.1, -0.05) is 42.5 Å². The minimum atomic E-state index is -0.527. The molecule has 2 aromatic carbocycles. The fraction of sp³-hybridized carbons (Fsp3) is 0.0526. The van der Waals surface area contributed by atoms with Crippen molar-refractivity contribution in [2.24, 2.45) is 5.10 Å². The summed E-state index contributed by atoms with van der Waals surface area (Å²) in [7, 11) is 1.59. The minimum absolute atomic E-state index is 0.0430. The summed E-state index contributed by atoms with van der Waals surface area (Å²) < 4.78 is 5.15. The van der Waals surface area contributed by atoms with Crippen molar-refractivity contribution in [2.45, 2.75) is 0 Å². The zero-order valence-corrected chi connectivity index (χ0v) is 13.9. The Morgan fingerprint density at radius 1 is 1.23 bits per heavy atom. The number of ether oxygens (including phenoxy) is 1. The molecule has 1 aromatic heterocycles. The van der Waals surface area contributed by atoms with Crippen LogP contribution in [0.15, 0.2) is 64.5 Å². The normalized spacial score (nSPS) is 10.5. The van der Waals surface area contributed by atoms with E-state index >= 15 is 0 Å². The van der Waals surface area contributed by atoms with Crippen LogP contribution in [0, 0.1) is 11.3 Å². The average molecular weight is 345 g/mol. The highest BCUT2D eigenvalue weighted by Crippen LogP contribution is 2.19. The van der Waals surface area contributed by atoms with Crippen molar-refractivity contribution in [1.82, 2.24) is 9.97 Å². The lowest BCUT2D eigenvalue weighted by atomic mass is 10.1. The molecule has 7 nitrogen and oxygen atoms in total. The Balaban J connectivity index is 1.89. The highest BCUT2D eigenvalue weighted by Gasteiger charge is 2.12. The molecule has 0 fully saturated rings. The summed E-state index contributed by atoms with van der Waals surface area (Å²) in [6.07, 6.45) is 1.57. The maximum atomic E-state index is 12.2. The Kier molecular flexibility index (Phi) is 5.05. The summed E-state index contributed by atoms with van der Waals surface area (Å²) in [5, 5.41) is 13.3. The first-order chi connectivity index (χ1) is 12.7. The first-order valence-electron chi connectivity index (χ1n) is 7.74. The number of methoxy groups -OCH3 is 1. The number of hydrogen-bond acceptors (Lipinski definition) is 6. The van der Waals surface area contributed by atoms with Crippen molar-refractivity contribution in [3.63, 3.8) is 0 Å². The Morgan fingerprint density at radius 2 is 2.04 bits per heavy atom. The number of anilines is 1. The zero-order chi connectivity index (χ0) is 18.4. The second-order valence-electron chi connectivity index (χ2n) is 5.26. The molecule has 0 saturated heterocycles. The Morgan fingerprint density at radius 3 is 2.77 bits per heavy atom. The Labute approximate surface area is 149 Å². The van der Waals surface area contributed by atoms with Crippen molar-refractivity contribution < 1.29 is 4.74 Å². The fourth-order valence-corrected chi connectivity index (χ4v) is 2.32. The van der Waals surface area contributed by atoms with Crippen LogP contribution in [-0.2, 0) is 0 Å². The zero-order valence-electron chi connectivity index (χ0n) is 13.9. The highest BCUT2D eigenvalue weighted by molar-refractivity contribution is 5.80. The van der Waals surface area contributed by atoms with Gasteiger partial charge in [-0.25, -0.2) is 10.4 Å². The fourth-order valence-electron chi connectivity index (χ4n) is 2.32. The summed E-state index contributed by atoms with van der Waals surface area (Å²) in [5.74, 6) is 0.859. The lowest BCUT2D eigenvalue weighted by molar-refractivity contribution is 0.415. The van der Waals surface area contributed by atoms with E-state index in [1.54, 1.807) is 25.5 Å². The predicted molar refractivity (Wildman–Crippen MR) is 99.2 cm³/mol. The minimum Gasteiger partial charge on any atom is -0.497 e. The first kappa shape index (κ1) is 16.9. The molecule has 0 radical (unpaired) electrons. The lowest BCUT2D eigenvalue weighted by Crippen LogP contribution is -2.16. The molecule has 1 heterocycles. The number of aromatic amines is 1. The first-order valence-corrected chi connectivity index (χ1v) is 7.74. The number of hydrogen-bond donors (Lipinski definition) is 2. The molecule has 0 aliphatic rings. The number of benzene rings is 2. The number of aromatic nitrogens is 2. The van der Waals surface area contributed by atoms with E-state index in [9.17, 15) is 10.1 Å². The van der Waals surface area contributed by atoms with Gasteiger partial charge in [0.25, 0.3) is 5.56 Å². The second kappa shape index (κ2) is 7.77. The Bertz CT molecular complexity index is 1040. The van der Waals surface area contributed by atoms with Crippen LogP contribution in [0.25, 0.3) is 11.3 Å². The van der Waals surface area contributed by atoms with Gasteiger partial charge < -0.3 is 4.74 Å². The van der Waals surface area contributed by atoms with E-state index in [2.05, 4.69) is 20.5 Å². The van der Waals surface area contributed by atoms with Gasteiger partial charge in [0, 0.05) is 5.56 Å².